The van der Waals surface area contributed by atoms with Crippen LogP contribution in [0, 0.1) is 21.8 Å². The standard InChI is InChI=1S/C25H21BrINO2/c1-3-29-24-14-19(12-21(15-28)20-8-4-17(2)5-9-20)13-23(26)25(24)30-16-18-6-10-22(27)11-7-18/h4-14H,3,16H2,1-2H3/b21-12-. The Bertz CT molecular complexity index is 1080. The Morgan fingerprint density at radius 1 is 1.07 bits per heavy atom. The molecular formula is C25H21BrINO2. The molecule has 0 aromatic heterocycles. The molecule has 0 aliphatic carbocycles. The van der Waals surface area contributed by atoms with Gasteiger partial charge in [-0.2, -0.15) is 5.26 Å². The number of hydrogen-bond donors (Lipinski definition) is 0. The van der Waals surface area contributed by atoms with Crippen LogP contribution in [0.15, 0.2) is 65.1 Å². The molecule has 0 saturated carbocycles. The largest absolute Gasteiger partial charge is 0.490 e. The number of nitriles is 1. The van der Waals surface area contributed by atoms with E-state index in [1.54, 1.807) is 0 Å². The predicted octanol–water partition coefficient (Wildman–Crippen LogP) is 7.40. The molecule has 0 radical (unpaired) electrons. The molecule has 152 valence electrons. The summed E-state index contributed by atoms with van der Waals surface area (Å²) in [4.78, 5) is 0. The Balaban J connectivity index is 1.90. The summed E-state index contributed by atoms with van der Waals surface area (Å²) in [7, 11) is 0. The Morgan fingerprint density at radius 3 is 2.40 bits per heavy atom. The smallest absolute Gasteiger partial charge is 0.175 e. The lowest BCUT2D eigenvalue weighted by atomic mass is 10.0. The number of hydrogen-bond acceptors (Lipinski definition) is 3. The Hall–Kier alpha value is -2.30. The quantitative estimate of drug-likeness (QED) is 0.168. The molecule has 30 heavy (non-hydrogen) atoms. The van der Waals surface area contributed by atoms with Crippen molar-refractivity contribution in [1.29, 1.82) is 5.26 Å². The zero-order valence-corrected chi connectivity index (χ0v) is 20.5. The van der Waals surface area contributed by atoms with Crippen LogP contribution in [-0.4, -0.2) is 6.61 Å². The van der Waals surface area contributed by atoms with Crippen molar-refractivity contribution in [2.45, 2.75) is 20.5 Å². The topological polar surface area (TPSA) is 42.2 Å². The summed E-state index contributed by atoms with van der Waals surface area (Å²) >= 11 is 5.90. The molecule has 0 heterocycles. The van der Waals surface area contributed by atoms with Crippen molar-refractivity contribution >= 4 is 50.2 Å². The molecule has 5 heteroatoms. The van der Waals surface area contributed by atoms with E-state index in [1.807, 2.05) is 68.5 Å². The molecule has 0 aliphatic heterocycles. The van der Waals surface area contributed by atoms with Gasteiger partial charge in [0, 0.05) is 3.57 Å². The molecule has 0 amide bonds. The van der Waals surface area contributed by atoms with Gasteiger partial charge in [-0.25, -0.2) is 0 Å². The number of ether oxygens (including phenoxy) is 2. The lowest BCUT2D eigenvalue weighted by Crippen LogP contribution is -2.01. The summed E-state index contributed by atoms with van der Waals surface area (Å²) in [5, 5.41) is 9.65. The fourth-order valence-corrected chi connectivity index (χ4v) is 3.82. The highest BCUT2D eigenvalue weighted by Gasteiger charge is 2.13. The summed E-state index contributed by atoms with van der Waals surface area (Å²) in [6.45, 7) is 4.92. The van der Waals surface area contributed by atoms with Gasteiger partial charge in [0.15, 0.2) is 11.5 Å². The first-order valence-corrected chi connectivity index (χ1v) is 11.4. The van der Waals surface area contributed by atoms with E-state index >= 15 is 0 Å². The van der Waals surface area contributed by atoms with Gasteiger partial charge in [0.25, 0.3) is 0 Å². The van der Waals surface area contributed by atoms with E-state index in [4.69, 9.17) is 9.47 Å². The van der Waals surface area contributed by atoms with Gasteiger partial charge in [0.2, 0.25) is 0 Å². The Kier molecular flexibility index (Phi) is 7.94. The van der Waals surface area contributed by atoms with Crippen molar-refractivity contribution in [3.8, 4) is 17.6 Å². The summed E-state index contributed by atoms with van der Waals surface area (Å²) < 4.78 is 13.9. The highest BCUT2D eigenvalue weighted by molar-refractivity contribution is 14.1. The van der Waals surface area contributed by atoms with Crippen LogP contribution in [0.1, 0.15) is 29.2 Å². The Morgan fingerprint density at radius 2 is 1.77 bits per heavy atom. The third kappa shape index (κ3) is 5.87. The second-order valence-electron chi connectivity index (χ2n) is 6.71. The van der Waals surface area contributed by atoms with E-state index in [1.165, 1.54) is 3.57 Å². The van der Waals surface area contributed by atoms with Crippen LogP contribution in [0.25, 0.3) is 11.6 Å². The van der Waals surface area contributed by atoms with E-state index in [0.29, 0.717) is 30.3 Å². The molecule has 0 N–H and O–H groups in total. The van der Waals surface area contributed by atoms with Crippen molar-refractivity contribution in [1.82, 2.24) is 0 Å². The Labute approximate surface area is 199 Å². The first kappa shape index (κ1) is 22.4. The molecular weight excluding hydrogens is 553 g/mol. The lowest BCUT2D eigenvalue weighted by Gasteiger charge is -2.15. The molecule has 3 aromatic rings. The third-order valence-corrected chi connectivity index (χ3v) is 5.73. The van der Waals surface area contributed by atoms with Crippen LogP contribution in [0.2, 0.25) is 0 Å². The molecule has 0 fully saturated rings. The maximum absolute atomic E-state index is 9.65. The van der Waals surface area contributed by atoms with Gasteiger partial charge < -0.3 is 9.47 Å². The SMILES string of the molecule is CCOc1cc(/C=C(/C#N)c2ccc(C)cc2)cc(Br)c1OCc1ccc(I)cc1. The summed E-state index contributed by atoms with van der Waals surface area (Å²) in [5.41, 5.74) is 4.59. The van der Waals surface area contributed by atoms with Gasteiger partial charge in [0.05, 0.1) is 22.7 Å². The van der Waals surface area contributed by atoms with Gasteiger partial charge in [0.1, 0.15) is 6.61 Å². The number of nitrogens with zero attached hydrogens (tertiary/aromatic N) is 1. The highest BCUT2D eigenvalue weighted by atomic mass is 127. The minimum atomic E-state index is 0.442. The van der Waals surface area contributed by atoms with Gasteiger partial charge in [-0.3, -0.25) is 0 Å². The lowest BCUT2D eigenvalue weighted by molar-refractivity contribution is 0.267. The van der Waals surface area contributed by atoms with Crippen LogP contribution in [-0.2, 0) is 6.61 Å². The van der Waals surface area contributed by atoms with Crippen molar-refractivity contribution in [2.75, 3.05) is 6.61 Å². The number of rotatable bonds is 7. The van der Waals surface area contributed by atoms with Gasteiger partial charge in [-0.1, -0.05) is 42.0 Å². The molecule has 0 unspecified atom stereocenters. The molecule has 3 nitrogen and oxygen atoms in total. The van der Waals surface area contributed by atoms with Crippen LogP contribution >= 0.6 is 38.5 Å². The summed E-state index contributed by atoms with van der Waals surface area (Å²) in [6, 6.07) is 22.3. The van der Waals surface area contributed by atoms with Crippen LogP contribution < -0.4 is 9.47 Å². The molecule has 3 aromatic carbocycles. The fourth-order valence-electron chi connectivity index (χ4n) is 2.89. The molecule has 0 spiro atoms. The van der Waals surface area contributed by atoms with Crippen molar-refractivity contribution in [3.63, 3.8) is 0 Å². The van der Waals surface area contributed by atoms with E-state index in [-0.39, 0.29) is 0 Å². The fraction of sp³-hybridized carbons (Fsp3) is 0.160. The minimum Gasteiger partial charge on any atom is -0.490 e. The normalized spacial score (nSPS) is 11.1. The number of allylic oxidation sites excluding steroid dienone is 1. The first-order valence-electron chi connectivity index (χ1n) is 9.52. The highest BCUT2D eigenvalue weighted by Crippen LogP contribution is 2.38. The minimum absolute atomic E-state index is 0.442. The molecule has 3 rings (SSSR count). The van der Waals surface area contributed by atoms with Crippen molar-refractivity contribution < 1.29 is 9.47 Å². The zero-order chi connectivity index (χ0) is 21.5. The van der Waals surface area contributed by atoms with E-state index in [2.05, 4.69) is 56.7 Å². The average Bonchev–Trinajstić information content (AvgIpc) is 2.73. The number of benzene rings is 3. The number of halogens is 2. The van der Waals surface area contributed by atoms with Gasteiger partial charge in [-0.15, -0.1) is 0 Å². The van der Waals surface area contributed by atoms with Crippen LogP contribution in [0.4, 0.5) is 0 Å². The average molecular weight is 574 g/mol. The first-order chi connectivity index (χ1) is 14.5. The van der Waals surface area contributed by atoms with Crippen molar-refractivity contribution in [2.24, 2.45) is 0 Å². The van der Waals surface area contributed by atoms with Gasteiger partial charge in [-0.05, 0) is 99.4 Å². The van der Waals surface area contributed by atoms with E-state index in [0.717, 1.165) is 26.7 Å². The second kappa shape index (κ2) is 10.6. The number of aryl methyl sites for hydroxylation is 1. The summed E-state index contributed by atoms with van der Waals surface area (Å²) in [6.07, 6.45) is 1.86. The third-order valence-electron chi connectivity index (χ3n) is 4.42. The maximum Gasteiger partial charge on any atom is 0.175 e. The predicted molar refractivity (Wildman–Crippen MR) is 133 cm³/mol. The molecule has 0 atom stereocenters. The van der Waals surface area contributed by atoms with Crippen molar-refractivity contribution in [3.05, 3.63) is 91.0 Å². The molecule has 0 saturated heterocycles. The molecule has 0 aliphatic rings. The zero-order valence-electron chi connectivity index (χ0n) is 16.8. The van der Waals surface area contributed by atoms with Gasteiger partial charge >= 0.3 is 0 Å². The summed E-state index contributed by atoms with van der Waals surface area (Å²) in [5.74, 6) is 1.30. The monoisotopic (exact) mass is 573 g/mol. The second-order valence-corrected chi connectivity index (χ2v) is 8.81. The van der Waals surface area contributed by atoms with E-state index in [9.17, 15) is 5.26 Å². The van der Waals surface area contributed by atoms with E-state index < -0.39 is 0 Å². The maximum atomic E-state index is 9.65. The molecule has 0 bridgehead atoms. The van der Waals surface area contributed by atoms with Crippen LogP contribution in [0.5, 0.6) is 11.5 Å². The van der Waals surface area contributed by atoms with Crippen LogP contribution in [0.3, 0.4) is 0 Å².